The van der Waals surface area contributed by atoms with Gasteiger partial charge in [-0.25, -0.2) is 9.97 Å². The molecule has 0 saturated carbocycles. The minimum atomic E-state index is -0.100. The Labute approximate surface area is 200 Å². The first-order chi connectivity index (χ1) is 16.7. The lowest BCUT2D eigenvalue weighted by atomic mass is 9.88. The molecule has 3 aromatic rings. The number of hydrogen-bond acceptors (Lipinski definition) is 6. The first-order valence-corrected chi connectivity index (χ1v) is 12.1. The van der Waals surface area contributed by atoms with Gasteiger partial charge in [-0.3, -0.25) is 14.7 Å². The van der Waals surface area contributed by atoms with Crippen molar-refractivity contribution in [2.24, 2.45) is 0 Å². The van der Waals surface area contributed by atoms with Gasteiger partial charge in [-0.2, -0.15) is 0 Å². The van der Waals surface area contributed by atoms with Crippen molar-refractivity contribution >= 4 is 5.91 Å². The molecule has 0 radical (unpaired) electrons. The molecular formula is C27H31N5O2. The Morgan fingerprint density at radius 2 is 1.71 bits per heavy atom. The predicted molar refractivity (Wildman–Crippen MR) is 131 cm³/mol. The first-order valence-electron chi connectivity index (χ1n) is 12.1. The minimum absolute atomic E-state index is 0.100. The van der Waals surface area contributed by atoms with Crippen LogP contribution >= 0.6 is 0 Å². The van der Waals surface area contributed by atoms with Crippen LogP contribution in [-0.2, 0) is 9.53 Å². The lowest BCUT2D eigenvalue weighted by molar-refractivity contribution is -0.139. The molecule has 34 heavy (non-hydrogen) atoms. The molecule has 0 bridgehead atoms. The summed E-state index contributed by atoms with van der Waals surface area (Å²) in [7, 11) is 0. The van der Waals surface area contributed by atoms with Crippen molar-refractivity contribution in [2.75, 3.05) is 39.4 Å². The van der Waals surface area contributed by atoms with Crippen molar-refractivity contribution in [3.05, 3.63) is 66.7 Å². The van der Waals surface area contributed by atoms with E-state index in [4.69, 9.17) is 9.72 Å². The van der Waals surface area contributed by atoms with Gasteiger partial charge < -0.3 is 9.64 Å². The summed E-state index contributed by atoms with van der Waals surface area (Å²) in [6.07, 6.45) is 7.29. The van der Waals surface area contributed by atoms with E-state index < -0.39 is 0 Å². The summed E-state index contributed by atoms with van der Waals surface area (Å²) in [6.45, 7) is 6.57. The molecule has 1 aromatic carbocycles. The van der Waals surface area contributed by atoms with E-state index >= 15 is 0 Å². The van der Waals surface area contributed by atoms with E-state index in [1.54, 1.807) is 12.4 Å². The Bertz CT molecular complexity index is 1090. The summed E-state index contributed by atoms with van der Waals surface area (Å²) < 4.78 is 5.44. The van der Waals surface area contributed by atoms with Crippen LogP contribution in [0.25, 0.3) is 22.5 Å². The second kappa shape index (κ2) is 10.4. The molecule has 2 aromatic heterocycles. The Kier molecular flexibility index (Phi) is 6.92. The quantitative estimate of drug-likeness (QED) is 0.583. The number of nitrogens with zero attached hydrogens (tertiary/aromatic N) is 5. The van der Waals surface area contributed by atoms with Gasteiger partial charge in [0.25, 0.3) is 0 Å². The van der Waals surface area contributed by atoms with E-state index in [0.717, 1.165) is 61.4 Å². The number of pyridine rings is 1. The summed E-state index contributed by atoms with van der Waals surface area (Å²) in [6, 6.07) is 14.1. The van der Waals surface area contributed by atoms with Crippen LogP contribution in [0.15, 0.2) is 61.1 Å². The number of amides is 1. The third-order valence-corrected chi connectivity index (χ3v) is 6.97. The van der Waals surface area contributed by atoms with Crippen LogP contribution in [0, 0.1) is 0 Å². The Morgan fingerprint density at radius 1 is 0.971 bits per heavy atom. The van der Waals surface area contributed by atoms with Gasteiger partial charge in [-0.1, -0.05) is 30.3 Å². The highest BCUT2D eigenvalue weighted by Gasteiger charge is 2.31. The third kappa shape index (κ3) is 4.86. The van der Waals surface area contributed by atoms with Crippen LogP contribution in [0.3, 0.4) is 0 Å². The van der Waals surface area contributed by atoms with Gasteiger partial charge in [0.1, 0.15) is 0 Å². The number of aromatic nitrogens is 3. The topological polar surface area (TPSA) is 71.5 Å². The molecule has 0 aliphatic carbocycles. The minimum Gasteiger partial charge on any atom is -0.379 e. The van der Waals surface area contributed by atoms with Gasteiger partial charge >= 0.3 is 0 Å². The summed E-state index contributed by atoms with van der Waals surface area (Å²) in [4.78, 5) is 31.4. The first kappa shape index (κ1) is 22.6. The monoisotopic (exact) mass is 457 g/mol. The zero-order valence-electron chi connectivity index (χ0n) is 19.6. The number of likely N-dealkylation sites (tertiary alicyclic amines) is 1. The van der Waals surface area contributed by atoms with Crippen LogP contribution in [-0.4, -0.2) is 76.1 Å². The van der Waals surface area contributed by atoms with Gasteiger partial charge in [0.2, 0.25) is 5.91 Å². The maximum Gasteiger partial charge on any atom is 0.239 e. The summed E-state index contributed by atoms with van der Waals surface area (Å²) in [5, 5.41) is 0. The Balaban J connectivity index is 1.36. The number of ether oxygens (including phenoxy) is 1. The number of benzene rings is 1. The average molecular weight is 458 g/mol. The maximum atomic E-state index is 13.2. The summed E-state index contributed by atoms with van der Waals surface area (Å²) in [5.41, 5.74) is 4.16. The van der Waals surface area contributed by atoms with Crippen molar-refractivity contribution in [3.63, 3.8) is 0 Å². The molecule has 1 atom stereocenters. The van der Waals surface area contributed by atoms with E-state index in [1.165, 1.54) is 0 Å². The summed E-state index contributed by atoms with van der Waals surface area (Å²) >= 11 is 0. The van der Waals surface area contributed by atoms with Crippen LogP contribution in [0.2, 0.25) is 0 Å². The maximum absolute atomic E-state index is 13.2. The lowest BCUT2D eigenvalue weighted by Crippen LogP contribution is -2.52. The second-order valence-electron chi connectivity index (χ2n) is 9.02. The number of morpholine rings is 1. The van der Waals surface area contributed by atoms with Gasteiger partial charge in [-0.15, -0.1) is 0 Å². The molecule has 4 heterocycles. The van der Waals surface area contributed by atoms with E-state index in [2.05, 4.69) is 27.0 Å². The highest BCUT2D eigenvalue weighted by atomic mass is 16.5. The number of carbonyl (C=O) groups is 1. The average Bonchev–Trinajstić information content (AvgIpc) is 2.93. The fourth-order valence-electron chi connectivity index (χ4n) is 4.94. The Morgan fingerprint density at radius 3 is 2.41 bits per heavy atom. The van der Waals surface area contributed by atoms with Gasteiger partial charge in [0.15, 0.2) is 5.82 Å². The molecule has 1 amide bonds. The number of rotatable bonds is 5. The molecule has 176 valence electrons. The van der Waals surface area contributed by atoms with Crippen LogP contribution in [0.4, 0.5) is 0 Å². The molecule has 0 spiro atoms. The highest BCUT2D eigenvalue weighted by molar-refractivity contribution is 5.81. The van der Waals surface area contributed by atoms with E-state index in [-0.39, 0.29) is 17.9 Å². The van der Waals surface area contributed by atoms with E-state index in [1.807, 2.05) is 48.4 Å². The molecule has 7 heteroatoms. The number of piperidine rings is 1. The van der Waals surface area contributed by atoms with E-state index in [0.29, 0.717) is 19.0 Å². The van der Waals surface area contributed by atoms with Gasteiger partial charge in [0, 0.05) is 61.8 Å². The molecule has 2 aliphatic heterocycles. The molecule has 7 nitrogen and oxygen atoms in total. The zero-order valence-corrected chi connectivity index (χ0v) is 19.6. The smallest absolute Gasteiger partial charge is 0.239 e. The SMILES string of the molecule is C[C@@H](C(=O)N1CCC(c2nc(-c3cccnc3)ncc2-c2ccccc2)CC1)N1CCOCC1. The molecule has 0 N–H and O–H groups in total. The fraction of sp³-hybridized carbons (Fsp3) is 0.407. The molecule has 2 saturated heterocycles. The van der Waals surface area contributed by atoms with Crippen molar-refractivity contribution in [1.82, 2.24) is 24.8 Å². The summed E-state index contributed by atoms with van der Waals surface area (Å²) in [5.74, 6) is 1.20. The number of hydrogen-bond donors (Lipinski definition) is 0. The van der Waals surface area contributed by atoms with Crippen LogP contribution in [0.5, 0.6) is 0 Å². The molecular weight excluding hydrogens is 426 g/mol. The third-order valence-electron chi connectivity index (χ3n) is 6.97. The van der Waals surface area contributed by atoms with Crippen molar-refractivity contribution in [1.29, 1.82) is 0 Å². The van der Waals surface area contributed by atoms with Gasteiger partial charge in [0.05, 0.1) is 24.9 Å². The molecule has 5 rings (SSSR count). The van der Waals surface area contributed by atoms with Crippen LogP contribution in [0.1, 0.15) is 31.4 Å². The predicted octanol–water partition coefficient (Wildman–Crippen LogP) is 3.63. The standard InChI is InChI=1S/C27H31N5O2/c1-20(31-14-16-34-17-15-31)27(33)32-12-9-22(10-13-32)25-24(21-6-3-2-4-7-21)19-29-26(30-25)23-8-5-11-28-18-23/h2-8,11,18-20,22H,9-10,12-17H2,1H3/t20-/m0/s1. The van der Waals surface area contributed by atoms with E-state index in [9.17, 15) is 4.79 Å². The molecule has 2 fully saturated rings. The van der Waals surface area contributed by atoms with Crippen molar-refractivity contribution in [2.45, 2.75) is 31.7 Å². The lowest BCUT2D eigenvalue weighted by Gasteiger charge is -2.38. The van der Waals surface area contributed by atoms with Crippen LogP contribution < -0.4 is 0 Å². The largest absolute Gasteiger partial charge is 0.379 e. The zero-order chi connectivity index (χ0) is 23.3. The highest BCUT2D eigenvalue weighted by Crippen LogP contribution is 2.35. The Hall–Kier alpha value is -3.16. The van der Waals surface area contributed by atoms with Crippen molar-refractivity contribution < 1.29 is 9.53 Å². The van der Waals surface area contributed by atoms with Gasteiger partial charge in [-0.05, 0) is 37.5 Å². The second-order valence-corrected chi connectivity index (χ2v) is 9.02. The number of carbonyl (C=O) groups excluding carboxylic acids is 1. The molecule has 0 unspecified atom stereocenters. The fourth-order valence-corrected chi connectivity index (χ4v) is 4.94. The van der Waals surface area contributed by atoms with Crippen molar-refractivity contribution in [3.8, 4) is 22.5 Å². The molecule has 2 aliphatic rings. The normalized spacial score (nSPS) is 18.6.